The lowest BCUT2D eigenvalue weighted by Crippen LogP contribution is -2.10. The lowest BCUT2D eigenvalue weighted by atomic mass is 9.86. The van der Waals surface area contributed by atoms with Gasteiger partial charge in [0.05, 0.1) is 10.9 Å². The highest BCUT2D eigenvalue weighted by Crippen LogP contribution is 2.33. The van der Waals surface area contributed by atoms with Crippen LogP contribution in [0.5, 0.6) is 0 Å². The molecule has 0 unspecified atom stereocenters. The summed E-state index contributed by atoms with van der Waals surface area (Å²) < 4.78 is 0. The summed E-state index contributed by atoms with van der Waals surface area (Å²) in [6.45, 7) is 6.64. The number of hydrogen-bond acceptors (Lipinski definition) is 4. The second kappa shape index (κ2) is 5.21. The van der Waals surface area contributed by atoms with E-state index in [2.05, 4.69) is 66.1 Å². The molecule has 0 spiro atoms. The maximum atomic E-state index is 6.09. The van der Waals surface area contributed by atoms with Crippen molar-refractivity contribution in [3.8, 4) is 11.3 Å². The van der Waals surface area contributed by atoms with Crippen molar-refractivity contribution >= 4 is 33.6 Å². The molecule has 0 atom stereocenters. The Bertz CT molecular complexity index is 1090. The zero-order chi connectivity index (χ0) is 17.8. The molecule has 4 aromatic rings. The van der Waals surface area contributed by atoms with E-state index in [-0.39, 0.29) is 11.4 Å². The van der Waals surface area contributed by atoms with Gasteiger partial charge in [-0.1, -0.05) is 45.0 Å². The third kappa shape index (κ3) is 2.58. The van der Waals surface area contributed by atoms with Crippen LogP contribution in [0.15, 0.2) is 42.5 Å². The molecule has 4 rings (SSSR count). The largest absolute Gasteiger partial charge is 0.383 e. The zero-order valence-electron chi connectivity index (χ0n) is 14.6. The summed E-state index contributed by atoms with van der Waals surface area (Å²) >= 11 is 0. The van der Waals surface area contributed by atoms with Crippen LogP contribution in [0.2, 0.25) is 0 Å². The normalized spacial score (nSPS) is 12.1. The van der Waals surface area contributed by atoms with E-state index in [4.69, 9.17) is 11.5 Å². The SMILES string of the molecule is CC(C)(C)c1ccc(-c2cc3c(ccc4nc(N)nc(N)c43)[nH]2)cc1. The summed E-state index contributed by atoms with van der Waals surface area (Å²) in [4.78, 5) is 11.8. The fraction of sp³-hybridized carbons (Fsp3) is 0.200. The van der Waals surface area contributed by atoms with Gasteiger partial charge in [0, 0.05) is 16.6 Å². The Morgan fingerprint density at radius 3 is 2.32 bits per heavy atom. The third-order valence-electron chi connectivity index (χ3n) is 4.57. The number of hydrogen-bond donors (Lipinski definition) is 3. The van der Waals surface area contributed by atoms with Crippen LogP contribution in [0.3, 0.4) is 0 Å². The van der Waals surface area contributed by atoms with E-state index in [1.807, 2.05) is 12.1 Å². The Morgan fingerprint density at radius 1 is 0.920 bits per heavy atom. The highest BCUT2D eigenvalue weighted by atomic mass is 15.0. The van der Waals surface area contributed by atoms with Crippen molar-refractivity contribution in [1.82, 2.24) is 15.0 Å². The van der Waals surface area contributed by atoms with Crippen LogP contribution in [-0.2, 0) is 5.41 Å². The summed E-state index contributed by atoms with van der Waals surface area (Å²) in [5.41, 5.74) is 17.2. The highest BCUT2D eigenvalue weighted by molar-refractivity contribution is 6.11. The van der Waals surface area contributed by atoms with Crippen LogP contribution >= 0.6 is 0 Å². The lowest BCUT2D eigenvalue weighted by molar-refractivity contribution is 0.590. The van der Waals surface area contributed by atoms with Crippen LogP contribution in [0, 0.1) is 0 Å². The van der Waals surface area contributed by atoms with Gasteiger partial charge in [0.2, 0.25) is 5.95 Å². The minimum atomic E-state index is 0.140. The minimum absolute atomic E-state index is 0.140. The van der Waals surface area contributed by atoms with E-state index in [0.29, 0.717) is 5.82 Å². The summed E-state index contributed by atoms with van der Waals surface area (Å²) in [5, 5.41) is 1.84. The molecule has 0 fully saturated rings. The average Bonchev–Trinajstić information content (AvgIpc) is 2.97. The van der Waals surface area contributed by atoms with E-state index in [9.17, 15) is 0 Å². The summed E-state index contributed by atoms with van der Waals surface area (Å²) in [5.74, 6) is 0.597. The number of aromatic nitrogens is 3. The van der Waals surface area contributed by atoms with Crippen LogP contribution in [0.25, 0.3) is 33.1 Å². The van der Waals surface area contributed by atoms with Crippen molar-refractivity contribution in [3.63, 3.8) is 0 Å². The molecule has 126 valence electrons. The molecule has 0 aliphatic carbocycles. The summed E-state index contributed by atoms with van der Waals surface area (Å²) in [7, 11) is 0. The second-order valence-electron chi connectivity index (χ2n) is 7.40. The van der Waals surface area contributed by atoms with Crippen molar-refractivity contribution in [2.75, 3.05) is 11.5 Å². The first-order chi connectivity index (χ1) is 11.8. The third-order valence-corrected chi connectivity index (χ3v) is 4.57. The maximum absolute atomic E-state index is 6.09. The van der Waals surface area contributed by atoms with Gasteiger partial charge in [0.1, 0.15) is 5.82 Å². The molecule has 25 heavy (non-hydrogen) atoms. The van der Waals surface area contributed by atoms with E-state index < -0.39 is 0 Å². The molecule has 0 aliphatic rings. The molecule has 0 amide bonds. The van der Waals surface area contributed by atoms with E-state index >= 15 is 0 Å². The van der Waals surface area contributed by atoms with Gasteiger partial charge in [-0.25, -0.2) is 4.98 Å². The molecular weight excluding hydrogens is 310 g/mol. The number of nitrogen functional groups attached to an aromatic ring is 2. The summed E-state index contributed by atoms with van der Waals surface area (Å²) in [6, 6.07) is 14.6. The van der Waals surface area contributed by atoms with Crippen molar-refractivity contribution in [2.45, 2.75) is 26.2 Å². The Labute approximate surface area is 146 Å². The molecule has 0 aliphatic heterocycles. The average molecular weight is 331 g/mol. The monoisotopic (exact) mass is 331 g/mol. The quantitative estimate of drug-likeness (QED) is 0.486. The maximum Gasteiger partial charge on any atom is 0.222 e. The molecule has 0 radical (unpaired) electrons. The molecule has 5 nitrogen and oxygen atoms in total. The van der Waals surface area contributed by atoms with Gasteiger partial charge in [-0.2, -0.15) is 4.98 Å². The lowest BCUT2D eigenvalue weighted by Gasteiger charge is -2.19. The van der Waals surface area contributed by atoms with Crippen molar-refractivity contribution in [3.05, 3.63) is 48.0 Å². The predicted octanol–water partition coefficient (Wildman–Crippen LogP) is 4.24. The van der Waals surface area contributed by atoms with Gasteiger partial charge in [-0.3, -0.25) is 0 Å². The van der Waals surface area contributed by atoms with Crippen LogP contribution < -0.4 is 11.5 Å². The molecule has 0 saturated heterocycles. The number of nitrogens with zero attached hydrogens (tertiary/aromatic N) is 2. The predicted molar refractivity (Wildman–Crippen MR) is 104 cm³/mol. The first-order valence-corrected chi connectivity index (χ1v) is 8.28. The second-order valence-corrected chi connectivity index (χ2v) is 7.40. The van der Waals surface area contributed by atoms with Crippen molar-refractivity contribution in [1.29, 1.82) is 0 Å². The molecule has 2 aromatic carbocycles. The Morgan fingerprint density at radius 2 is 1.64 bits per heavy atom. The van der Waals surface area contributed by atoms with Gasteiger partial charge in [-0.15, -0.1) is 0 Å². The topological polar surface area (TPSA) is 93.6 Å². The molecule has 2 heterocycles. The molecule has 0 saturated carbocycles. The number of aromatic amines is 1. The molecule has 5 N–H and O–H groups in total. The smallest absolute Gasteiger partial charge is 0.222 e. The molecular formula is C20H21N5. The number of nitrogens with one attached hydrogen (secondary N) is 1. The first kappa shape index (κ1) is 15.4. The van der Waals surface area contributed by atoms with Gasteiger partial charge in [0.15, 0.2) is 0 Å². The first-order valence-electron chi connectivity index (χ1n) is 8.28. The molecule has 0 bridgehead atoms. The Hall–Kier alpha value is -3.08. The number of benzene rings is 2. The number of H-pyrrole nitrogens is 1. The zero-order valence-corrected chi connectivity index (χ0v) is 14.6. The van der Waals surface area contributed by atoms with E-state index in [0.717, 1.165) is 33.1 Å². The number of fused-ring (bicyclic) bond motifs is 3. The number of anilines is 2. The van der Waals surface area contributed by atoms with Gasteiger partial charge in [-0.05, 0) is 34.7 Å². The number of rotatable bonds is 1. The molecule has 2 aromatic heterocycles. The van der Waals surface area contributed by atoms with Gasteiger partial charge < -0.3 is 16.5 Å². The van der Waals surface area contributed by atoms with E-state index in [1.54, 1.807) is 0 Å². The molecule has 5 heteroatoms. The van der Waals surface area contributed by atoms with Crippen LogP contribution in [0.4, 0.5) is 11.8 Å². The van der Waals surface area contributed by atoms with Crippen molar-refractivity contribution < 1.29 is 0 Å². The van der Waals surface area contributed by atoms with Gasteiger partial charge in [0.25, 0.3) is 0 Å². The fourth-order valence-corrected chi connectivity index (χ4v) is 3.19. The van der Waals surface area contributed by atoms with Crippen LogP contribution in [0.1, 0.15) is 26.3 Å². The minimum Gasteiger partial charge on any atom is -0.383 e. The van der Waals surface area contributed by atoms with Crippen LogP contribution in [-0.4, -0.2) is 15.0 Å². The highest BCUT2D eigenvalue weighted by Gasteiger charge is 2.14. The number of nitrogens with two attached hydrogens (primary N) is 2. The van der Waals surface area contributed by atoms with Gasteiger partial charge >= 0.3 is 0 Å². The standard InChI is InChI=1S/C20H21N5/c1-20(2,3)12-6-4-11(5-7-12)16-10-13-14(23-16)8-9-15-17(13)18(21)25-19(22)24-15/h4-10,23H,1-3H3,(H4,21,22,24,25). The summed E-state index contributed by atoms with van der Waals surface area (Å²) in [6.07, 6.45) is 0. The fourth-order valence-electron chi connectivity index (χ4n) is 3.19. The van der Waals surface area contributed by atoms with Crippen molar-refractivity contribution in [2.24, 2.45) is 0 Å². The van der Waals surface area contributed by atoms with E-state index in [1.165, 1.54) is 5.56 Å². The Kier molecular flexibility index (Phi) is 3.22. The Balaban J connectivity index is 1.88.